The van der Waals surface area contributed by atoms with E-state index in [1.165, 1.54) is 0 Å². The SMILES string of the molecule is Br.CCNC([NH3+])=S. The van der Waals surface area contributed by atoms with Crippen LogP contribution >= 0.6 is 29.2 Å². The first-order valence-corrected chi connectivity index (χ1v) is 2.28. The van der Waals surface area contributed by atoms with E-state index in [9.17, 15) is 0 Å². The number of thiocarbonyl (C=S) groups is 1. The minimum absolute atomic E-state index is 0. The van der Waals surface area contributed by atoms with Crippen molar-refractivity contribution in [3.63, 3.8) is 0 Å². The van der Waals surface area contributed by atoms with Gasteiger partial charge >= 0.3 is 0 Å². The molecule has 4 N–H and O–H groups in total. The zero-order valence-corrected chi connectivity index (χ0v) is 6.76. The average Bonchev–Trinajstić information content (AvgIpc) is 1.35. The minimum Gasteiger partial charge on any atom is -0.332 e. The minimum atomic E-state index is 0. The molecule has 0 radical (unpaired) electrons. The Kier molecular flexibility index (Phi) is 9.35. The van der Waals surface area contributed by atoms with Gasteiger partial charge in [-0.15, -0.1) is 17.0 Å². The van der Waals surface area contributed by atoms with E-state index in [1.807, 2.05) is 6.92 Å². The molecule has 4 heteroatoms. The van der Waals surface area contributed by atoms with Gasteiger partial charge in [-0.25, -0.2) is 0 Å². The Hall–Kier alpha value is 0.330. The van der Waals surface area contributed by atoms with E-state index in [0.717, 1.165) is 6.54 Å². The molecule has 0 heterocycles. The van der Waals surface area contributed by atoms with Gasteiger partial charge in [-0.05, 0) is 6.92 Å². The average molecular weight is 186 g/mol. The van der Waals surface area contributed by atoms with Crippen LogP contribution in [0.2, 0.25) is 0 Å². The van der Waals surface area contributed by atoms with Crippen LogP contribution in [0.25, 0.3) is 0 Å². The molecule has 0 aliphatic carbocycles. The predicted octanol–water partition coefficient (Wildman–Crippen LogP) is -0.299. The molecule has 0 aliphatic rings. The van der Waals surface area contributed by atoms with Gasteiger partial charge in [-0.3, -0.25) is 0 Å². The highest BCUT2D eigenvalue weighted by atomic mass is 79.9. The molecule has 7 heavy (non-hydrogen) atoms. The van der Waals surface area contributed by atoms with Crippen LogP contribution in [-0.4, -0.2) is 11.7 Å². The quantitative estimate of drug-likeness (QED) is 0.552. The molecule has 0 aromatic rings. The van der Waals surface area contributed by atoms with Crippen LogP contribution < -0.4 is 11.1 Å². The maximum absolute atomic E-state index is 4.57. The first-order valence-electron chi connectivity index (χ1n) is 1.87. The van der Waals surface area contributed by atoms with Crippen molar-refractivity contribution in [1.29, 1.82) is 0 Å². The molecular formula is C3H10BrN2S+. The first-order chi connectivity index (χ1) is 2.77. The standard InChI is InChI=1S/C3H8N2S.BrH/c1-2-5-3(4)6;/h2H2,1H3,(H3,4,5,6);1H/p+1. The molecule has 44 valence electrons. The van der Waals surface area contributed by atoms with Gasteiger partial charge in [0.2, 0.25) is 0 Å². The molecule has 0 rings (SSSR count). The summed E-state index contributed by atoms with van der Waals surface area (Å²) in [6.07, 6.45) is 0. The Morgan fingerprint density at radius 1 is 1.86 bits per heavy atom. The third kappa shape index (κ3) is 10.7. The van der Waals surface area contributed by atoms with E-state index in [2.05, 4.69) is 23.3 Å². The van der Waals surface area contributed by atoms with Gasteiger partial charge in [-0.2, -0.15) is 0 Å². The van der Waals surface area contributed by atoms with Gasteiger partial charge in [0, 0.05) is 18.8 Å². The molecule has 0 aliphatic heterocycles. The molecule has 2 nitrogen and oxygen atoms in total. The topological polar surface area (TPSA) is 39.7 Å². The summed E-state index contributed by atoms with van der Waals surface area (Å²) in [7, 11) is 0. The molecule has 0 saturated heterocycles. The van der Waals surface area contributed by atoms with E-state index in [1.54, 1.807) is 0 Å². The number of quaternary nitrogens is 1. The monoisotopic (exact) mass is 185 g/mol. The third-order valence-electron chi connectivity index (χ3n) is 0.374. The van der Waals surface area contributed by atoms with E-state index in [0.29, 0.717) is 5.11 Å². The van der Waals surface area contributed by atoms with Crippen molar-refractivity contribution in [2.45, 2.75) is 6.92 Å². The second kappa shape index (κ2) is 6.33. The van der Waals surface area contributed by atoms with Crippen LogP contribution in [0.4, 0.5) is 0 Å². The molecule has 0 spiro atoms. The Bertz CT molecular complexity index is 56.9. The Morgan fingerprint density at radius 2 is 2.29 bits per heavy atom. The van der Waals surface area contributed by atoms with Crippen LogP contribution in [0.3, 0.4) is 0 Å². The van der Waals surface area contributed by atoms with Crippen molar-refractivity contribution in [1.82, 2.24) is 5.32 Å². The highest BCUT2D eigenvalue weighted by Gasteiger charge is 1.79. The summed E-state index contributed by atoms with van der Waals surface area (Å²) in [6.45, 7) is 2.86. The van der Waals surface area contributed by atoms with Crippen LogP contribution in [0, 0.1) is 0 Å². The molecule has 0 saturated carbocycles. The van der Waals surface area contributed by atoms with E-state index >= 15 is 0 Å². The normalized spacial score (nSPS) is 6.57. The van der Waals surface area contributed by atoms with Gasteiger partial charge < -0.3 is 11.1 Å². The summed E-state index contributed by atoms with van der Waals surface area (Å²) in [5.74, 6) is 0. The zero-order chi connectivity index (χ0) is 4.99. The van der Waals surface area contributed by atoms with Crippen molar-refractivity contribution in [2.24, 2.45) is 0 Å². The van der Waals surface area contributed by atoms with Crippen molar-refractivity contribution < 1.29 is 5.73 Å². The number of nitrogens with one attached hydrogen (secondary N) is 1. The summed E-state index contributed by atoms with van der Waals surface area (Å²) in [5.41, 5.74) is 3.45. The summed E-state index contributed by atoms with van der Waals surface area (Å²) >= 11 is 4.57. The Labute approximate surface area is 59.2 Å². The second-order valence-corrected chi connectivity index (χ2v) is 1.45. The van der Waals surface area contributed by atoms with Crippen molar-refractivity contribution in [2.75, 3.05) is 6.54 Å². The second-order valence-electron chi connectivity index (χ2n) is 0.954. The predicted molar refractivity (Wildman–Crippen MR) is 39.5 cm³/mol. The highest BCUT2D eigenvalue weighted by molar-refractivity contribution is 8.93. The number of halogens is 1. The summed E-state index contributed by atoms with van der Waals surface area (Å²) in [6, 6.07) is 0. The lowest BCUT2D eigenvalue weighted by molar-refractivity contribution is -0.214. The van der Waals surface area contributed by atoms with Crippen molar-refractivity contribution in [3.05, 3.63) is 0 Å². The van der Waals surface area contributed by atoms with Gasteiger partial charge in [0.15, 0.2) is 0 Å². The summed E-state index contributed by atoms with van der Waals surface area (Å²) in [5, 5.41) is 3.45. The van der Waals surface area contributed by atoms with Crippen LogP contribution in [-0.2, 0) is 0 Å². The molecule has 0 unspecified atom stereocenters. The molecule has 0 aromatic carbocycles. The smallest absolute Gasteiger partial charge is 0.264 e. The molecule has 0 amide bonds. The Balaban J connectivity index is 0. The number of rotatable bonds is 1. The van der Waals surface area contributed by atoms with Crippen LogP contribution in [0.1, 0.15) is 6.92 Å². The van der Waals surface area contributed by atoms with Crippen LogP contribution in [0.5, 0.6) is 0 Å². The molecular weight excluding hydrogens is 176 g/mol. The van der Waals surface area contributed by atoms with Crippen molar-refractivity contribution in [3.8, 4) is 0 Å². The fourth-order valence-electron chi connectivity index (χ4n) is 0.197. The summed E-state index contributed by atoms with van der Waals surface area (Å²) in [4.78, 5) is 0. The first kappa shape index (κ1) is 10.3. The maximum atomic E-state index is 4.57. The van der Waals surface area contributed by atoms with E-state index < -0.39 is 0 Å². The zero-order valence-electron chi connectivity index (χ0n) is 4.23. The number of hydrogen-bond acceptors (Lipinski definition) is 1. The summed E-state index contributed by atoms with van der Waals surface area (Å²) < 4.78 is 0. The van der Waals surface area contributed by atoms with Gasteiger partial charge in [0.25, 0.3) is 5.11 Å². The maximum Gasteiger partial charge on any atom is 0.264 e. The molecule has 0 bridgehead atoms. The van der Waals surface area contributed by atoms with Crippen molar-refractivity contribution >= 4 is 34.3 Å². The van der Waals surface area contributed by atoms with Gasteiger partial charge in [0.05, 0.1) is 0 Å². The fourth-order valence-corrected chi connectivity index (χ4v) is 0.342. The Morgan fingerprint density at radius 3 is 2.29 bits per heavy atom. The lowest BCUT2D eigenvalue weighted by atomic mass is 10.8. The van der Waals surface area contributed by atoms with Crippen LogP contribution in [0.15, 0.2) is 0 Å². The van der Waals surface area contributed by atoms with Gasteiger partial charge in [-0.1, -0.05) is 0 Å². The lowest BCUT2D eigenvalue weighted by Gasteiger charge is -1.88. The molecule has 0 aromatic heterocycles. The van der Waals surface area contributed by atoms with Gasteiger partial charge in [0.1, 0.15) is 0 Å². The third-order valence-corrected chi connectivity index (χ3v) is 0.518. The molecule has 0 atom stereocenters. The number of hydrogen-bond donors (Lipinski definition) is 2. The molecule has 0 fully saturated rings. The van der Waals surface area contributed by atoms with E-state index in [4.69, 9.17) is 0 Å². The highest BCUT2D eigenvalue weighted by Crippen LogP contribution is 1.49. The largest absolute Gasteiger partial charge is 0.332 e. The fraction of sp³-hybridized carbons (Fsp3) is 0.667. The lowest BCUT2D eigenvalue weighted by Crippen LogP contribution is -2.62. The van der Waals surface area contributed by atoms with E-state index in [-0.39, 0.29) is 17.0 Å².